The van der Waals surface area contributed by atoms with E-state index in [-0.39, 0.29) is 5.16 Å². The molecular weight excluding hydrogens is 771 g/mol. The van der Waals surface area contributed by atoms with Gasteiger partial charge in [-0.2, -0.15) is 0 Å². The second-order valence-electron chi connectivity index (χ2n) is 23.1. The summed E-state index contributed by atoms with van der Waals surface area (Å²) in [6.45, 7) is 15.8. The fourth-order valence-corrected chi connectivity index (χ4v) is 23.9. The van der Waals surface area contributed by atoms with Gasteiger partial charge in [0.25, 0.3) is 0 Å². The maximum Gasteiger partial charge on any atom is 0.0774 e. The molecule has 2 aromatic heterocycles. The molecule has 0 N–H and O–H groups in total. The van der Waals surface area contributed by atoms with Crippen LogP contribution < -0.4 is 21.2 Å². The fourth-order valence-electron chi connectivity index (χ4n) is 15.6. The van der Waals surface area contributed by atoms with Crippen LogP contribution in [0, 0.1) is 46.3 Å². The van der Waals surface area contributed by atoms with Crippen LogP contribution in [0.1, 0.15) is 88.2 Å². The van der Waals surface area contributed by atoms with Crippen molar-refractivity contribution in [2.75, 3.05) is 0 Å². The molecule has 3 aromatic carbocycles. The van der Waals surface area contributed by atoms with Crippen molar-refractivity contribution in [3.05, 3.63) is 96.1 Å². The average Bonchev–Trinajstić information content (AvgIpc) is 3.17. The van der Waals surface area contributed by atoms with Crippen molar-refractivity contribution >= 4 is 76.4 Å². The van der Waals surface area contributed by atoms with Gasteiger partial charge in [0.2, 0.25) is 0 Å². The summed E-state index contributed by atoms with van der Waals surface area (Å²) >= 11 is 0. The monoisotopic (exact) mass is 836 g/mol. The van der Waals surface area contributed by atoms with Crippen molar-refractivity contribution in [2.45, 2.75) is 128 Å². The molecule has 8 aliphatic rings. The summed E-state index contributed by atoms with van der Waals surface area (Å²) in [5.41, 5.74) is 8.85. The van der Waals surface area contributed by atoms with Gasteiger partial charge in [0.15, 0.2) is 0 Å². The second-order valence-corrected chi connectivity index (χ2v) is 36.1. The van der Waals surface area contributed by atoms with Crippen LogP contribution in [0.15, 0.2) is 84.9 Å². The third-order valence-electron chi connectivity index (χ3n) is 17.1. The highest BCUT2D eigenvalue weighted by Crippen LogP contribution is 2.78. The van der Waals surface area contributed by atoms with E-state index in [1.807, 2.05) is 0 Å². The molecular formula is C52H66N2P2Si2. The highest BCUT2D eigenvalue weighted by atomic mass is 31.1. The van der Waals surface area contributed by atoms with E-state index in [4.69, 9.17) is 9.97 Å². The topological polar surface area (TPSA) is 25.8 Å². The highest BCUT2D eigenvalue weighted by Gasteiger charge is 2.69. The third kappa shape index (κ3) is 6.17. The van der Waals surface area contributed by atoms with Crippen LogP contribution in [-0.4, -0.2) is 26.1 Å². The lowest BCUT2D eigenvalue weighted by Gasteiger charge is -2.72. The zero-order valence-corrected chi connectivity index (χ0v) is 40.2. The van der Waals surface area contributed by atoms with Gasteiger partial charge in [0, 0.05) is 30.0 Å². The minimum atomic E-state index is -1.72. The first-order valence-electron chi connectivity index (χ1n) is 23.2. The molecule has 1 unspecified atom stereocenters. The van der Waals surface area contributed by atoms with E-state index in [2.05, 4.69) is 133 Å². The van der Waals surface area contributed by atoms with Crippen molar-refractivity contribution in [2.24, 2.45) is 46.3 Å². The molecule has 2 nitrogen and oxygen atoms in total. The lowest BCUT2D eigenvalue weighted by Crippen LogP contribution is -2.65. The Morgan fingerprint density at radius 2 is 0.931 bits per heavy atom. The van der Waals surface area contributed by atoms with Crippen LogP contribution in [0.5, 0.6) is 0 Å². The zero-order chi connectivity index (χ0) is 39.8. The van der Waals surface area contributed by atoms with E-state index in [1.54, 1.807) is 21.5 Å². The van der Waals surface area contributed by atoms with Crippen LogP contribution in [0.4, 0.5) is 0 Å². The number of benzene rings is 3. The van der Waals surface area contributed by atoms with E-state index in [0.717, 1.165) is 52.7 Å². The smallest absolute Gasteiger partial charge is 0.0774 e. The normalized spacial score (nSPS) is 32.4. The van der Waals surface area contributed by atoms with Gasteiger partial charge >= 0.3 is 0 Å². The van der Waals surface area contributed by atoms with Gasteiger partial charge < -0.3 is 0 Å². The number of fused-ring (bicyclic) bond motifs is 2. The predicted octanol–water partition coefficient (Wildman–Crippen LogP) is 12.0. The quantitative estimate of drug-likeness (QED) is 0.109. The number of hydrogen-bond acceptors (Lipinski definition) is 2. The summed E-state index contributed by atoms with van der Waals surface area (Å²) in [5.74, 6) is 5.59. The van der Waals surface area contributed by atoms with Crippen LogP contribution in [-0.2, 0) is 11.3 Å². The maximum absolute atomic E-state index is 5.56. The molecule has 8 fully saturated rings. The first kappa shape index (κ1) is 38.7. The molecule has 13 rings (SSSR count). The Labute approximate surface area is 354 Å². The van der Waals surface area contributed by atoms with Crippen molar-refractivity contribution in [3.8, 4) is 0 Å². The number of hydrogen-bond donors (Lipinski definition) is 0. The molecule has 2 heterocycles. The van der Waals surface area contributed by atoms with Gasteiger partial charge in [0.1, 0.15) is 0 Å². The Kier molecular flexibility index (Phi) is 9.09. The van der Waals surface area contributed by atoms with Gasteiger partial charge in [-0.3, -0.25) is 0 Å². The van der Waals surface area contributed by atoms with Gasteiger partial charge in [-0.1, -0.05) is 110 Å². The molecule has 8 bridgehead atoms. The summed E-state index contributed by atoms with van der Waals surface area (Å²) in [5, 5.41) is 6.05. The van der Waals surface area contributed by atoms with Crippen LogP contribution in [0.25, 0.3) is 21.8 Å². The molecule has 1 atom stereocenters. The summed E-state index contributed by atoms with van der Waals surface area (Å²) < 4.78 is 0. The van der Waals surface area contributed by atoms with E-state index in [1.165, 1.54) is 98.7 Å². The molecule has 0 spiro atoms. The molecule has 302 valence electrons. The van der Waals surface area contributed by atoms with Crippen molar-refractivity contribution in [1.82, 2.24) is 9.97 Å². The SMILES string of the molecule is C[Si](C)(C)c1cc(CP(c2ccc3ccccc3n2)c2ccc3ccccc3n2)c(C(P)(C23CC4CC(CC(C4)C2)C3)C23CC4CC(CC(C4)C2)C3)cc1[Si](C)(C)C. The molecule has 0 amide bonds. The van der Waals surface area contributed by atoms with E-state index in [9.17, 15) is 0 Å². The molecule has 0 radical (unpaired) electrons. The lowest BCUT2D eigenvalue weighted by molar-refractivity contribution is -0.158. The minimum Gasteiger partial charge on any atom is -0.248 e. The van der Waals surface area contributed by atoms with Gasteiger partial charge in [0.05, 0.1) is 38.1 Å². The van der Waals surface area contributed by atoms with Crippen molar-refractivity contribution in [1.29, 1.82) is 0 Å². The first-order valence-corrected chi connectivity index (χ1v) is 32.3. The third-order valence-corrected chi connectivity index (χ3v) is 25.2. The van der Waals surface area contributed by atoms with Crippen molar-refractivity contribution in [3.63, 3.8) is 0 Å². The van der Waals surface area contributed by atoms with Crippen molar-refractivity contribution < 1.29 is 0 Å². The number of para-hydroxylation sites is 2. The van der Waals surface area contributed by atoms with Crippen LogP contribution >= 0.6 is 17.2 Å². The average molecular weight is 837 g/mol. The van der Waals surface area contributed by atoms with E-state index in [0.29, 0.717) is 10.8 Å². The summed E-state index contributed by atoms with van der Waals surface area (Å²) in [4.78, 5) is 11.1. The fraction of sp³-hybridized carbons (Fsp3) is 0.538. The largest absolute Gasteiger partial charge is 0.248 e. The Balaban J connectivity index is 1.18. The van der Waals surface area contributed by atoms with E-state index >= 15 is 0 Å². The Morgan fingerprint density at radius 1 is 0.552 bits per heavy atom. The molecule has 0 aliphatic heterocycles. The number of nitrogens with zero attached hydrogens (tertiary/aromatic N) is 2. The number of rotatable bonds is 9. The maximum atomic E-state index is 5.56. The van der Waals surface area contributed by atoms with E-state index < -0.39 is 24.1 Å². The number of pyridine rings is 2. The Hall–Kier alpha value is -2.23. The summed E-state index contributed by atoms with van der Waals surface area (Å²) in [6, 6.07) is 32.7. The van der Waals surface area contributed by atoms with Crippen LogP contribution in [0.3, 0.4) is 0 Å². The second kappa shape index (κ2) is 13.6. The minimum absolute atomic E-state index is 0.0857. The number of aromatic nitrogens is 2. The standard InChI is InChI=1S/C52H66N2P2Si2/c1-57(2,3)46-25-42(33-56(48-17-15-40-11-7-9-13-44(40)53-48)49-18-16-41-12-8-10-14-45(41)54-49)43(26-47(46)58(4,5)6)52(55,50-27-34-19-35(28-50)21-36(20-34)29-50)51-30-37-22-38(31-51)24-39(23-37)32-51/h7-18,25-26,34-39H,19-24,27-33,55H2,1-6H3. The van der Waals surface area contributed by atoms with Gasteiger partial charge in [-0.25, -0.2) is 9.97 Å². The Bertz CT molecular complexity index is 2230. The first-order chi connectivity index (χ1) is 27.7. The molecule has 0 saturated heterocycles. The zero-order valence-electron chi connectivity index (χ0n) is 36.2. The highest BCUT2D eigenvalue weighted by molar-refractivity contribution is 7.71. The van der Waals surface area contributed by atoms with Gasteiger partial charge in [-0.15, -0.1) is 9.24 Å². The lowest BCUT2D eigenvalue weighted by atomic mass is 9.37. The molecule has 6 heteroatoms. The summed E-state index contributed by atoms with van der Waals surface area (Å²) in [7, 11) is -0.342. The van der Waals surface area contributed by atoms with Crippen LogP contribution in [0.2, 0.25) is 39.3 Å². The molecule has 5 aromatic rings. The molecule has 8 aliphatic carbocycles. The summed E-state index contributed by atoms with van der Waals surface area (Å²) in [6.07, 6.45) is 18.9. The molecule has 58 heavy (non-hydrogen) atoms. The molecule has 8 saturated carbocycles. The predicted molar refractivity (Wildman–Crippen MR) is 258 cm³/mol. The van der Waals surface area contributed by atoms with Gasteiger partial charge in [-0.05, 0) is 159 Å². The Morgan fingerprint density at radius 3 is 1.33 bits per heavy atom.